The summed E-state index contributed by atoms with van der Waals surface area (Å²) in [5.41, 5.74) is 0.943. The van der Waals surface area contributed by atoms with E-state index in [9.17, 15) is 12.8 Å². The first kappa shape index (κ1) is 17.4. The molecule has 0 aliphatic carbocycles. The number of nitrogens with zero attached hydrogens (tertiary/aromatic N) is 1. The molecule has 0 atom stereocenters. The number of hydrogen-bond donors (Lipinski definition) is 3. The third-order valence-electron chi connectivity index (χ3n) is 2.61. The highest BCUT2D eigenvalue weighted by Crippen LogP contribution is 2.01. The molecule has 21 heavy (non-hydrogen) atoms. The lowest BCUT2D eigenvalue weighted by Gasteiger charge is -2.12. The standard InChI is InChI=1S/C13H21FN4O2S/c1-15-13(16-8-3-9-18-21(2,19)20)17-10-11-4-6-12(14)7-5-11/h4-7,18H,3,8-10H2,1-2H3,(H2,15,16,17). The van der Waals surface area contributed by atoms with Crippen molar-refractivity contribution in [1.29, 1.82) is 0 Å². The van der Waals surface area contributed by atoms with Crippen LogP contribution in [0.1, 0.15) is 12.0 Å². The summed E-state index contributed by atoms with van der Waals surface area (Å²) in [5.74, 6) is 0.346. The van der Waals surface area contributed by atoms with Crippen LogP contribution in [0.25, 0.3) is 0 Å². The van der Waals surface area contributed by atoms with E-state index in [-0.39, 0.29) is 5.82 Å². The van der Waals surface area contributed by atoms with E-state index in [1.54, 1.807) is 19.2 Å². The minimum atomic E-state index is -3.13. The third kappa shape index (κ3) is 8.26. The lowest BCUT2D eigenvalue weighted by molar-refractivity contribution is 0.584. The molecule has 0 saturated heterocycles. The van der Waals surface area contributed by atoms with E-state index in [2.05, 4.69) is 20.3 Å². The largest absolute Gasteiger partial charge is 0.356 e. The highest BCUT2D eigenvalue weighted by atomic mass is 32.2. The van der Waals surface area contributed by atoms with Gasteiger partial charge >= 0.3 is 0 Å². The smallest absolute Gasteiger partial charge is 0.208 e. The molecule has 0 saturated carbocycles. The molecule has 0 bridgehead atoms. The van der Waals surface area contributed by atoms with Crippen molar-refractivity contribution in [2.75, 3.05) is 26.4 Å². The molecule has 8 heteroatoms. The van der Waals surface area contributed by atoms with Gasteiger partial charge in [-0.25, -0.2) is 17.5 Å². The predicted molar refractivity (Wildman–Crippen MR) is 82.1 cm³/mol. The maximum absolute atomic E-state index is 12.8. The van der Waals surface area contributed by atoms with Crippen LogP contribution in [0.3, 0.4) is 0 Å². The Morgan fingerprint density at radius 1 is 1.19 bits per heavy atom. The molecule has 0 unspecified atom stereocenters. The average molecular weight is 316 g/mol. The maximum Gasteiger partial charge on any atom is 0.208 e. The molecule has 0 fully saturated rings. The van der Waals surface area contributed by atoms with Crippen LogP contribution in [-0.2, 0) is 16.6 Å². The average Bonchev–Trinajstić information content (AvgIpc) is 2.42. The van der Waals surface area contributed by atoms with Crippen molar-refractivity contribution in [2.45, 2.75) is 13.0 Å². The summed E-state index contributed by atoms with van der Waals surface area (Å²) < 4.78 is 36.9. The zero-order valence-electron chi connectivity index (χ0n) is 12.2. The molecular weight excluding hydrogens is 295 g/mol. The molecule has 0 radical (unpaired) electrons. The monoisotopic (exact) mass is 316 g/mol. The van der Waals surface area contributed by atoms with Gasteiger partial charge in [-0.1, -0.05) is 12.1 Å². The number of sulfonamides is 1. The Morgan fingerprint density at radius 3 is 2.43 bits per heavy atom. The van der Waals surface area contributed by atoms with E-state index in [0.717, 1.165) is 11.8 Å². The Balaban J connectivity index is 2.25. The van der Waals surface area contributed by atoms with Crippen molar-refractivity contribution in [3.8, 4) is 0 Å². The molecule has 1 rings (SSSR count). The molecule has 0 aliphatic rings. The quantitative estimate of drug-likeness (QED) is 0.387. The van der Waals surface area contributed by atoms with E-state index in [0.29, 0.717) is 32.0 Å². The van der Waals surface area contributed by atoms with E-state index in [4.69, 9.17) is 0 Å². The first-order valence-electron chi connectivity index (χ1n) is 6.54. The fraction of sp³-hybridized carbons (Fsp3) is 0.462. The van der Waals surface area contributed by atoms with Crippen LogP contribution in [0.5, 0.6) is 0 Å². The predicted octanol–water partition coefficient (Wildman–Crippen LogP) is 0.430. The van der Waals surface area contributed by atoms with Crippen molar-refractivity contribution >= 4 is 16.0 Å². The van der Waals surface area contributed by atoms with Gasteiger partial charge < -0.3 is 10.6 Å². The number of rotatable bonds is 7. The fourth-order valence-corrected chi connectivity index (χ4v) is 2.08. The Bertz CT molecular complexity index is 558. The normalized spacial score (nSPS) is 12.2. The summed E-state index contributed by atoms with van der Waals surface area (Å²) in [7, 11) is -1.49. The molecule has 1 aromatic carbocycles. The highest BCUT2D eigenvalue weighted by molar-refractivity contribution is 7.88. The molecule has 0 heterocycles. The zero-order valence-corrected chi connectivity index (χ0v) is 13.0. The van der Waals surface area contributed by atoms with Crippen LogP contribution in [0, 0.1) is 5.82 Å². The minimum absolute atomic E-state index is 0.264. The van der Waals surface area contributed by atoms with Crippen molar-refractivity contribution < 1.29 is 12.8 Å². The van der Waals surface area contributed by atoms with Crippen molar-refractivity contribution in [3.05, 3.63) is 35.6 Å². The summed E-state index contributed by atoms with van der Waals surface area (Å²) in [6.07, 6.45) is 1.77. The van der Waals surface area contributed by atoms with Crippen LogP contribution in [0.15, 0.2) is 29.3 Å². The first-order chi connectivity index (χ1) is 9.90. The van der Waals surface area contributed by atoms with Crippen molar-refractivity contribution in [2.24, 2.45) is 4.99 Å². The minimum Gasteiger partial charge on any atom is -0.356 e. The lowest BCUT2D eigenvalue weighted by atomic mass is 10.2. The molecule has 1 aromatic rings. The summed E-state index contributed by atoms with van der Waals surface area (Å²) in [4.78, 5) is 4.05. The molecule has 0 aliphatic heterocycles. The van der Waals surface area contributed by atoms with Crippen LogP contribution in [-0.4, -0.2) is 40.8 Å². The van der Waals surface area contributed by atoms with Gasteiger partial charge in [-0.3, -0.25) is 4.99 Å². The van der Waals surface area contributed by atoms with Gasteiger partial charge in [0, 0.05) is 26.7 Å². The summed E-state index contributed by atoms with van der Waals surface area (Å²) in [6.45, 7) is 1.49. The number of guanidine groups is 1. The van der Waals surface area contributed by atoms with E-state index < -0.39 is 10.0 Å². The molecule has 118 valence electrons. The second kappa shape index (κ2) is 8.58. The zero-order chi connectivity index (χ0) is 15.7. The summed E-state index contributed by atoms with van der Waals surface area (Å²) in [5, 5.41) is 6.16. The second-order valence-electron chi connectivity index (χ2n) is 4.50. The lowest BCUT2D eigenvalue weighted by Crippen LogP contribution is -2.38. The molecule has 0 amide bonds. The van der Waals surface area contributed by atoms with Crippen LogP contribution >= 0.6 is 0 Å². The van der Waals surface area contributed by atoms with Gasteiger partial charge in [0.2, 0.25) is 10.0 Å². The number of benzene rings is 1. The molecular formula is C13H21FN4O2S. The topological polar surface area (TPSA) is 82.6 Å². The first-order valence-corrected chi connectivity index (χ1v) is 8.43. The van der Waals surface area contributed by atoms with E-state index in [1.807, 2.05) is 0 Å². The summed E-state index contributed by atoms with van der Waals surface area (Å²) in [6, 6.07) is 6.21. The van der Waals surface area contributed by atoms with E-state index >= 15 is 0 Å². The Labute approximate surface area is 124 Å². The Morgan fingerprint density at radius 2 is 1.86 bits per heavy atom. The number of nitrogens with one attached hydrogen (secondary N) is 3. The third-order valence-corrected chi connectivity index (χ3v) is 3.34. The van der Waals surface area contributed by atoms with Gasteiger partial charge in [0.15, 0.2) is 5.96 Å². The van der Waals surface area contributed by atoms with Crippen LogP contribution in [0.4, 0.5) is 4.39 Å². The molecule has 3 N–H and O–H groups in total. The van der Waals surface area contributed by atoms with Crippen LogP contribution in [0.2, 0.25) is 0 Å². The molecule has 0 spiro atoms. The maximum atomic E-state index is 12.8. The summed E-state index contributed by atoms with van der Waals surface area (Å²) >= 11 is 0. The van der Waals surface area contributed by atoms with Gasteiger partial charge in [0.05, 0.1) is 6.26 Å². The number of hydrogen-bond acceptors (Lipinski definition) is 3. The van der Waals surface area contributed by atoms with Gasteiger partial charge in [-0.2, -0.15) is 0 Å². The van der Waals surface area contributed by atoms with Crippen molar-refractivity contribution in [1.82, 2.24) is 15.4 Å². The fourth-order valence-electron chi connectivity index (χ4n) is 1.56. The SMILES string of the molecule is CN=C(NCCCNS(C)(=O)=O)NCc1ccc(F)cc1. The van der Waals surface area contributed by atoms with Crippen LogP contribution < -0.4 is 15.4 Å². The van der Waals surface area contributed by atoms with Gasteiger partial charge in [0.1, 0.15) is 5.82 Å². The second-order valence-corrected chi connectivity index (χ2v) is 6.33. The Kier molecular flexibility index (Phi) is 7.10. The van der Waals surface area contributed by atoms with Crippen molar-refractivity contribution in [3.63, 3.8) is 0 Å². The molecule has 0 aromatic heterocycles. The van der Waals surface area contributed by atoms with Gasteiger partial charge in [-0.15, -0.1) is 0 Å². The van der Waals surface area contributed by atoms with E-state index in [1.165, 1.54) is 12.1 Å². The van der Waals surface area contributed by atoms with Gasteiger partial charge in [-0.05, 0) is 24.1 Å². The Hall–Kier alpha value is -1.67. The highest BCUT2D eigenvalue weighted by Gasteiger charge is 2.01. The van der Waals surface area contributed by atoms with Gasteiger partial charge in [0.25, 0.3) is 0 Å². The number of aliphatic imine (C=N–C) groups is 1. The molecule has 6 nitrogen and oxygen atoms in total. The number of halogens is 1.